The molecule has 5 rings (SSSR count). The number of ether oxygens (including phenoxy) is 1. The van der Waals surface area contributed by atoms with Crippen LogP contribution in [-0.2, 0) is 10.4 Å². The molecule has 0 unspecified atom stereocenters. The predicted octanol–water partition coefficient (Wildman–Crippen LogP) is 3.70. The Bertz CT molecular complexity index is 783. The molecule has 2 heterocycles. The molecule has 1 amide bonds. The summed E-state index contributed by atoms with van der Waals surface area (Å²) in [4.78, 5) is 14.7. The Kier molecular flexibility index (Phi) is 2.99. The molecule has 3 aliphatic rings. The van der Waals surface area contributed by atoms with Crippen LogP contribution in [0, 0.1) is 5.92 Å². The van der Waals surface area contributed by atoms with Crippen molar-refractivity contribution in [2.24, 2.45) is 5.92 Å². The summed E-state index contributed by atoms with van der Waals surface area (Å²) < 4.78 is 6.55. The van der Waals surface area contributed by atoms with Crippen molar-refractivity contribution in [3.8, 4) is 5.75 Å². The number of carbonyl (C=O) groups excluding carboxylic acids is 1. The summed E-state index contributed by atoms with van der Waals surface area (Å²) >= 11 is 0. The number of piperidine rings is 1. The number of hydrogen-bond donors (Lipinski definition) is 0. The molecule has 0 N–H and O–H groups in total. The first-order valence-electron chi connectivity index (χ1n) is 8.90. The van der Waals surface area contributed by atoms with Crippen LogP contribution in [0.1, 0.15) is 36.3 Å². The van der Waals surface area contributed by atoms with Crippen LogP contribution in [0.15, 0.2) is 54.6 Å². The Morgan fingerprint density at radius 2 is 1.79 bits per heavy atom. The van der Waals surface area contributed by atoms with Crippen LogP contribution in [0.3, 0.4) is 0 Å². The Balaban J connectivity index is 1.56. The second-order valence-corrected chi connectivity index (χ2v) is 7.26. The third kappa shape index (κ3) is 2.00. The maximum atomic E-state index is 12.6. The zero-order valence-corrected chi connectivity index (χ0v) is 13.7. The van der Waals surface area contributed by atoms with E-state index in [1.54, 1.807) is 0 Å². The van der Waals surface area contributed by atoms with E-state index >= 15 is 0 Å². The van der Waals surface area contributed by atoms with Gasteiger partial charge in [-0.15, -0.1) is 0 Å². The second-order valence-electron chi connectivity index (χ2n) is 7.26. The SMILES string of the molecule is O=C(C1CC1)N1CC[C@]2(c3ccccc3)Oc3ccccc3[C@@H]2C1. The lowest BCUT2D eigenvalue weighted by Crippen LogP contribution is -2.51. The normalized spacial score (nSPS) is 28.0. The van der Waals surface area contributed by atoms with Crippen molar-refractivity contribution < 1.29 is 9.53 Å². The van der Waals surface area contributed by atoms with Crippen LogP contribution in [0.4, 0.5) is 0 Å². The van der Waals surface area contributed by atoms with E-state index in [1.807, 2.05) is 12.1 Å². The number of hydrogen-bond acceptors (Lipinski definition) is 2. The molecule has 122 valence electrons. The van der Waals surface area contributed by atoms with E-state index in [0.717, 1.165) is 38.1 Å². The van der Waals surface area contributed by atoms with Gasteiger partial charge in [0.1, 0.15) is 11.4 Å². The number of rotatable bonds is 2. The van der Waals surface area contributed by atoms with E-state index < -0.39 is 0 Å². The van der Waals surface area contributed by atoms with Gasteiger partial charge in [-0.05, 0) is 24.5 Å². The molecule has 2 atom stereocenters. The number of likely N-dealkylation sites (tertiary alicyclic amines) is 1. The Hall–Kier alpha value is -2.29. The monoisotopic (exact) mass is 319 g/mol. The van der Waals surface area contributed by atoms with Gasteiger partial charge in [0.25, 0.3) is 0 Å². The Morgan fingerprint density at radius 3 is 2.58 bits per heavy atom. The smallest absolute Gasteiger partial charge is 0.225 e. The van der Waals surface area contributed by atoms with Gasteiger partial charge in [-0.1, -0.05) is 48.5 Å². The zero-order valence-electron chi connectivity index (χ0n) is 13.7. The molecule has 1 saturated heterocycles. The third-order valence-electron chi connectivity index (χ3n) is 5.81. The molecular weight excluding hydrogens is 298 g/mol. The highest BCUT2D eigenvalue weighted by Crippen LogP contribution is 2.54. The van der Waals surface area contributed by atoms with Crippen LogP contribution >= 0.6 is 0 Å². The first kappa shape index (κ1) is 14.1. The predicted molar refractivity (Wildman–Crippen MR) is 91.9 cm³/mol. The average Bonchev–Trinajstić information content (AvgIpc) is 3.43. The summed E-state index contributed by atoms with van der Waals surface area (Å²) in [5.41, 5.74) is 2.14. The fourth-order valence-corrected chi connectivity index (χ4v) is 4.38. The van der Waals surface area contributed by atoms with Gasteiger partial charge in [-0.3, -0.25) is 4.79 Å². The molecule has 2 aliphatic heterocycles. The van der Waals surface area contributed by atoms with Crippen molar-refractivity contribution in [3.63, 3.8) is 0 Å². The molecule has 0 radical (unpaired) electrons. The average molecular weight is 319 g/mol. The summed E-state index contributed by atoms with van der Waals surface area (Å²) in [6, 6.07) is 18.9. The van der Waals surface area contributed by atoms with Crippen molar-refractivity contribution >= 4 is 5.91 Å². The summed E-state index contributed by atoms with van der Waals surface area (Å²) in [6.07, 6.45) is 2.99. The second kappa shape index (κ2) is 5.10. The van der Waals surface area contributed by atoms with Crippen LogP contribution in [-0.4, -0.2) is 23.9 Å². The van der Waals surface area contributed by atoms with Gasteiger partial charge in [-0.2, -0.15) is 0 Å². The number of carbonyl (C=O) groups is 1. The van der Waals surface area contributed by atoms with E-state index in [0.29, 0.717) is 5.91 Å². The minimum atomic E-state index is -0.328. The maximum absolute atomic E-state index is 12.6. The molecule has 0 bridgehead atoms. The number of para-hydroxylation sites is 1. The summed E-state index contributed by atoms with van der Waals surface area (Å²) in [5.74, 6) is 1.83. The third-order valence-corrected chi connectivity index (χ3v) is 5.81. The highest BCUT2D eigenvalue weighted by molar-refractivity contribution is 5.81. The van der Waals surface area contributed by atoms with Crippen LogP contribution < -0.4 is 4.74 Å². The zero-order chi connectivity index (χ0) is 16.1. The van der Waals surface area contributed by atoms with Crippen LogP contribution in [0.2, 0.25) is 0 Å². The lowest BCUT2D eigenvalue weighted by atomic mass is 9.74. The fraction of sp³-hybridized carbons (Fsp3) is 0.381. The summed E-state index contributed by atoms with van der Waals surface area (Å²) in [7, 11) is 0. The van der Waals surface area contributed by atoms with Gasteiger partial charge in [0.2, 0.25) is 5.91 Å². The first-order valence-corrected chi connectivity index (χ1v) is 8.90. The minimum absolute atomic E-state index is 0.215. The fourth-order valence-electron chi connectivity index (χ4n) is 4.38. The maximum Gasteiger partial charge on any atom is 0.225 e. The van der Waals surface area contributed by atoms with Gasteiger partial charge in [-0.25, -0.2) is 0 Å². The van der Waals surface area contributed by atoms with Crippen molar-refractivity contribution in [1.29, 1.82) is 0 Å². The lowest BCUT2D eigenvalue weighted by Gasteiger charge is -2.43. The van der Waals surface area contributed by atoms with Crippen molar-refractivity contribution in [3.05, 3.63) is 65.7 Å². The molecule has 0 spiro atoms. The van der Waals surface area contributed by atoms with E-state index in [9.17, 15) is 4.79 Å². The molecule has 2 fully saturated rings. The minimum Gasteiger partial charge on any atom is -0.481 e. The Morgan fingerprint density at radius 1 is 1.04 bits per heavy atom. The van der Waals surface area contributed by atoms with E-state index in [4.69, 9.17) is 4.74 Å². The van der Waals surface area contributed by atoms with E-state index in [2.05, 4.69) is 47.4 Å². The molecule has 2 aromatic carbocycles. The molecule has 24 heavy (non-hydrogen) atoms. The molecule has 2 aromatic rings. The topological polar surface area (TPSA) is 29.5 Å². The van der Waals surface area contributed by atoms with Gasteiger partial charge in [0.05, 0.1) is 0 Å². The van der Waals surface area contributed by atoms with Gasteiger partial charge in [0, 0.05) is 36.9 Å². The highest BCUT2D eigenvalue weighted by atomic mass is 16.5. The molecular formula is C21H21NO2. The molecule has 1 saturated carbocycles. The number of nitrogens with zero attached hydrogens (tertiary/aromatic N) is 1. The first-order chi connectivity index (χ1) is 11.8. The van der Waals surface area contributed by atoms with Gasteiger partial charge in [0.15, 0.2) is 0 Å². The standard InChI is InChI=1S/C21H21NO2/c23-20(15-10-11-15)22-13-12-21(16-6-2-1-3-7-16)18(14-22)17-8-4-5-9-19(17)24-21/h1-9,15,18H,10-14H2/t18-,21+/m0/s1. The molecule has 1 aliphatic carbocycles. The summed E-state index contributed by atoms with van der Waals surface area (Å²) in [6.45, 7) is 1.55. The van der Waals surface area contributed by atoms with Crippen molar-refractivity contribution in [2.45, 2.75) is 30.8 Å². The lowest BCUT2D eigenvalue weighted by molar-refractivity contribution is -0.136. The van der Waals surface area contributed by atoms with Gasteiger partial charge >= 0.3 is 0 Å². The molecule has 3 heteroatoms. The van der Waals surface area contributed by atoms with Crippen LogP contribution in [0.5, 0.6) is 5.75 Å². The molecule has 3 nitrogen and oxygen atoms in total. The molecule has 0 aromatic heterocycles. The quantitative estimate of drug-likeness (QED) is 0.845. The van der Waals surface area contributed by atoms with E-state index in [-0.39, 0.29) is 17.4 Å². The summed E-state index contributed by atoms with van der Waals surface area (Å²) in [5, 5.41) is 0. The number of amides is 1. The van der Waals surface area contributed by atoms with Crippen molar-refractivity contribution in [2.75, 3.05) is 13.1 Å². The number of fused-ring (bicyclic) bond motifs is 3. The highest BCUT2D eigenvalue weighted by Gasteiger charge is 2.53. The van der Waals surface area contributed by atoms with E-state index in [1.165, 1.54) is 11.1 Å². The van der Waals surface area contributed by atoms with Gasteiger partial charge < -0.3 is 9.64 Å². The van der Waals surface area contributed by atoms with Crippen LogP contribution in [0.25, 0.3) is 0 Å². The Labute approximate surface area is 142 Å². The van der Waals surface area contributed by atoms with Crippen molar-refractivity contribution in [1.82, 2.24) is 4.90 Å². The number of benzene rings is 2. The largest absolute Gasteiger partial charge is 0.481 e.